The van der Waals surface area contributed by atoms with Crippen LogP contribution in [0.15, 0.2) is 18.2 Å². The second kappa shape index (κ2) is 8.23. The van der Waals surface area contributed by atoms with E-state index in [0.717, 1.165) is 24.8 Å². The number of benzene rings is 1. The number of likely N-dealkylation sites (N-methyl/N-ethyl adjacent to an activating group) is 1. The Labute approximate surface area is 132 Å². The Kier molecular flexibility index (Phi) is 7.32. The third-order valence-corrected chi connectivity index (χ3v) is 4.74. The second-order valence-corrected chi connectivity index (χ2v) is 6.47. The number of aliphatic hydroxyl groups excluding tert-OH is 1. The standard InChI is InChI=1S/C16H25Cl2NO/c1-4-5-6-9-16(12-20,19(2)3)11-13-7-8-14(17)15(18)10-13/h7-8,10,20H,4-6,9,11-12H2,1-3H3. The van der Waals surface area contributed by atoms with E-state index < -0.39 is 0 Å². The molecule has 2 nitrogen and oxygen atoms in total. The molecule has 0 aromatic heterocycles. The SMILES string of the molecule is CCCCCC(CO)(Cc1ccc(Cl)c(Cl)c1)N(C)C. The van der Waals surface area contributed by atoms with Crippen LogP contribution in [0.3, 0.4) is 0 Å². The van der Waals surface area contributed by atoms with Gasteiger partial charge in [-0.15, -0.1) is 0 Å². The van der Waals surface area contributed by atoms with Crippen molar-refractivity contribution in [2.45, 2.75) is 44.6 Å². The highest BCUT2D eigenvalue weighted by atomic mass is 35.5. The van der Waals surface area contributed by atoms with Crippen LogP contribution in [0, 0.1) is 0 Å². The van der Waals surface area contributed by atoms with Crippen LogP contribution in [-0.2, 0) is 6.42 Å². The zero-order chi connectivity index (χ0) is 15.2. The molecule has 0 aliphatic carbocycles. The monoisotopic (exact) mass is 317 g/mol. The van der Waals surface area contributed by atoms with E-state index >= 15 is 0 Å². The molecular weight excluding hydrogens is 293 g/mol. The minimum atomic E-state index is -0.230. The van der Waals surface area contributed by atoms with Crippen LogP contribution >= 0.6 is 23.2 Å². The highest BCUT2D eigenvalue weighted by Crippen LogP contribution is 2.29. The van der Waals surface area contributed by atoms with Crippen molar-refractivity contribution in [1.82, 2.24) is 4.90 Å². The number of hydrogen-bond donors (Lipinski definition) is 1. The van der Waals surface area contributed by atoms with Gasteiger partial charge in [0.2, 0.25) is 0 Å². The molecule has 0 aliphatic heterocycles. The summed E-state index contributed by atoms with van der Waals surface area (Å²) in [5, 5.41) is 11.1. The van der Waals surface area contributed by atoms with Gasteiger partial charge in [-0.05, 0) is 44.6 Å². The third-order valence-electron chi connectivity index (χ3n) is 4.01. The molecule has 0 saturated heterocycles. The Bertz CT molecular complexity index is 423. The van der Waals surface area contributed by atoms with Crippen molar-refractivity contribution in [3.63, 3.8) is 0 Å². The average Bonchev–Trinajstić information content (AvgIpc) is 2.41. The van der Waals surface area contributed by atoms with Crippen LogP contribution in [0.4, 0.5) is 0 Å². The van der Waals surface area contributed by atoms with E-state index in [4.69, 9.17) is 23.2 Å². The number of aliphatic hydroxyl groups is 1. The first kappa shape index (κ1) is 17.8. The highest BCUT2D eigenvalue weighted by molar-refractivity contribution is 6.42. The highest BCUT2D eigenvalue weighted by Gasteiger charge is 2.31. The maximum atomic E-state index is 9.93. The molecule has 0 spiro atoms. The van der Waals surface area contributed by atoms with Crippen molar-refractivity contribution in [2.75, 3.05) is 20.7 Å². The van der Waals surface area contributed by atoms with Crippen LogP contribution in [0.1, 0.15) is 38.2 Å². The molecule has 0 bridgehead atoms. The molecule has 1 atom stereocenters. The lowest BCUT2D eigenvalue weighted by Crippen LogP contribution is -2.49. The lowest BCUT2D eigenvalue weighted by molar-refractivity contribution is 0.0579. The molecule has 4 heteroatoms. The van der Waals surface area contributed by atoms with Crippen molar-refractivity contribution in [1.29, 1.82) is 0 Å². The molecule has 0 radical (unpaired) electrons. The van der Waals surface area contributed by atoms with Crippen molar-refractivity contribution >= 4 is 23.2 Å². The van der Waals surface area contributed by atoms with Crippen LogP contribution in [0.5, 0.6) is 0 Å². The van der Waals surface area contributed by atoms with Crippen molar-refractivity contribution in [3.05, 3.63) is 33.8 Å². The van der Waals surface area contributed by atoms with Crippen LogP contribution in [-0.4, -0.2) is 36.2 Å². The fourth-order valence-electron chi connectivity index (χ4n) is 2.48. The van der Waals surface area contributed by atoms with E-state index in [1.807, 2.05) is 32.3 Å². The van der Waals surface area contributed by atoms with Gasteiger partial charge in [-0.25, -0.2) is 0 Å². The molecule has 0 saturated carbocycles. The molecule has 0 heterocycles. The Morgan fingerprint density at radius 1 is 1.15 bits per heavy atom. The molecular formula is C16H25Cl2NO. The molecule has 1 N–H and O–H groups in total. The van der Waals surface area contributed by atoms with E-state index in [0.29, 0.717) is 10.0 Å². The fraction of sp³-hybridized carbons (Fsp3) is 0.625. The molecule has 0 amide bonds. The first-order chi connectivity index (χ1) is 9.45. The summed E-state index contributed by atoms with van der Waals surface area (Å²) in [6.45, 7) is 2.33. The Morgan fingerprint density at radius 2 is 1.85 bits per heavy atom. The zero-order valence-corrected chi connectivity index (χ0v) is 14.1. The Hall–Kier alpha value is -0.280. The van der Waals surface area contributed by atoms with Crippen LogP contribution in [0.2, 0.25) is 10.0 Å². The second-order valence-electron chi connectivity index (χ2n) is 5.66. The van der Waals surface area contributed by atoms with E-state index in [1.54, 1.807) is 0 Å². The topological polar surface area (TPSA) is 23.5 Å². The summed E-state index contributed by atoms with van der Waals surface area (Å²) in [5.74, 6) is 0. The van der Waals surface area contributed by atoms with Gasteiger partial charge in [-0.3, -0.25) is 0 Å². The maximum absolute atomic E-state index is 9.93. The smallest absolute Gasteiger partial charge is 0.0618 e. The molecule has 1 aromatic carbocycles. The summed E-state index contributed by atoms with van der Waals surface area (Å²) in [7, 11) is 4.05. The zero-order valence-electron chi connectivity index (χ0n) is 12.6. The minimum absolute atomic E-state index is 0.143. The molecule has 0 aliphatic rings. The quantitative estimate of drug-likeness (QED) is 0.718. The maximum Gasteiger partial charge on any atom is 0.0618 e. The van der Waals surface area contributed by atoms with Gasteiger partial charge in [0, 0.05) is 5.54 Å². The van der Waals surface area contributed by atoms with Crippen molar-refractivity contribution < 1.29 is 5.11 Å². The molecule has 1 aromatic rings. The number of unbranched alkanes of at least 4 members (excludes halogenated alkanes) is 2. The molecule has 1 unspecified atom stereocenters. The van der Waals surface area contributed by atoms with Crippen LogP contribution in [0.25, 0.3) is 0 Å². The van der Waals surface area contributed by atoms with Gasteiger partial charge in [-0.2, -0.15) is 0 Å². The lowest BCUT2D eigenvalue weighted by Gasteiger charge is -2.39. The van der Waals surface area contributed by atoms with Crippen molar-refractivity contribution in [3.8, 4) is 0 Å². The average molecular weight is 318 g/mol. The summed E-state index contributed by atoms with van der Waals surface area (Å²) in [5.41, 5.74) is 0.880. The van der Waals surface area contributed by atoms with Gasteiger partial charge in [0.25, 0.3) is 0 Å². The summed E-state index contributed by atoms with van der Waals surface area (Å²) in [6.07, 6.45) is 5.25. The van der Waals surface area contributed by atoms with Gasteiger partial charge in [-0.1, -0.05) is 55.5 Å². The van der Waals surface area contributed by atoms with E-state index in [1.165, 1.54) is 12.8 Å². The van der Waals surface area contributed by atoms with Gasteiger partial charge in [0.15, 0.2) is 0 Å². The first-order valence-electron chi connectivity index (χ1n) is 7.17. The van der Waals surface area contributed by atoms with Gasteiger partial charge in [0.05, 0.1) is 16.7 Å². The molecule has 114 valence electrons. The largest absolute Gasteiger partial charge is 0.394 e. The van der Waals surface area contributed by atoms with E-state index in [2.05, 4.69) is 11.8 Å². The predicted octanol–water partition coefficient (Wildman–Crippen LogP) is 4.41. The number of hydrogen-bond acceptors (Lipinski definition) is 2. The Morgan fingerprint density at radius 3 is 2.35 bits per heavy atom. The summed E-state index contributed by atoms with van der Waals surface area (Å²) < 4.78 is 0. The summed E-state index contributed by atoms with van der Waals surface area (Å²) in [4.78, 5) is 2.13. The van der Waals surface area contributed by atoms with Crippen LogP contribution < -0.4 is 0 Å². The Balaban J connectivity index is 2.90. The normalized spacial score (nSPS) is 14.6. The fourth-order valence-corrected chi connectivity index (χ4v) is 2.80. The van der Waals surface area contributed by atoms with E-state index in [9.17, 15) is 5.11 Å². The minimum Gasteiger partial charge on any atom is -0.394 e. The van der Waals surface area contributed by atoms with Crippen molar-refractivity contribution in [2.24, 2.45) is 0 Å². The van der Waals surface area contributed by atoms with E-state index in [-0.39, 0.29) is 12.1 Å². The number of rotatable bonds is 8. The molecule has 20 heavy (non-hydrogen) atoms. The number of nitrogens with zero attached hydrogens (tertiary/aromatic N) is 1. The number of halogens is 2. The lowest BCUT2D eigenvalue weighted by atomic mass is 9.85. The molecule has 1 rings (SSSR count). The third kappa shape index (κ3) is 4.63. The summed E-state index contributed by atoms with van der Waals surface area (Å²) >= 11 is 12.0. The molecule has 0 fully saturated rings. The first-order valence-corrected chi connectivity index (χ1v) is 7.93. The predicted molar refractivity (Wildman–Crippen MR) is 87.8 cm³/mol. The van der Waals surface area contributed by atoms with Gasteiger partial charge >= 0.3 is 0 Å². The summed E-state index contributed by atoms with van der Waals surface area (Å²) in [6, 6.07) is 5.71. The van der Waals surface area contributed by atoms with Gasteiger partial charge < -0.3 is 10.0 Å². The van der Waals surface area contributed by atoms with Gasteiger partial charge in [0.1, 0.15) is 0 Å².